The topological polar surface area (TPSA) is 66.0 Å². The van der Waals surface area contributed by atoms with Gasteiger partial charge in [-0.15, -0.1) is 0 Å². The molecule has 146 valence electrons. The van der Waals surface area contributed by atoms with Crippen LogP contribution in [0.3, 0.4) is 0 Å². The maximum atomic E-state index is 12.7. The van der Waals surface area contributed by atoms with Crippen molar-refractivity contribution in [2.75, 3.05) is 19.6 Å². The fourth-order valence-electron chi connectivity index (χ4n) is 3.87. The van der Waals surface area contributed by atoms with Gasteiger partial charge in [0.1, 0.15) is 11.4 Å². The zero-order valence-corrected chi connectivity index (χ0v) is 16.3. The number of carbonyl (C=O) groups excluding carboxylic acids is 1. The van der Waals surface area contributed by atoms with Crippen LogP contribution in [0.25, 0.3) is 11.4 Å². The van der Waals surface area contributed by atoms with E-state index in [4.69, 9.17) is 0 Å². The van der Waals surface area contributed by atoms with Gasteiger partial charge in [-0.05, 0) is 49.6 Å². The van der Waals surface area contributed by atoms with Crippen molar-refractivity contribution in [3.05, 3.63) is 66.0 Å². The molecule has 2 N–H and O–H groups in total. The van der Waals surface area contributed by atoms with Crippen LogP contribution in [-0.2, 0) is 13.5 Å². The van der Waals surface area contributed by atoms with E-state index >= 15 is 0 Å². The van der Waals surface area contributed by atoms with E-state index in [1.807, 2.05) is 36.0 Å². The first kappa shape index (κ1) is 18.5. The molecule has 0 spiro atoms. The highest BCUT2D eigenvalue weighted by molar-refractivity contribution is 5.93. The highest BCUT2D eigenvalue weighted by Crippen LogP contribution is 2.18. The summed E-state index contributed by atoms with van der Waals surface area (Å²) in [6.45, 7) is 3.02. The summed E-state index contributed by atoms with van der Waals surface area (Å²) < 4.78 is 1.99. The van der Waals surface area contributed by atoms with Gasteiger partial charge in [0, 0.05) is 32.4 Å². The maximum Gasteiger partial charge on any atom is 0.269 e. The lowest BCUT2D eigenvalue weighted by Gasteiger charge is -2.33. The summed E-state index contributed by atoms with van der Waals surface area (Å²) in [4.78, 5) is 15.1. The zero-order chi connectivity index (χ0) is 19.3. The molecule has 1 saturated heterocycles. The lowest BCUT2D eigenvalue weighted by Crippen LogP contribution is -2.48. The third-order valence-electron chi connectivity index (χ3n) is 5.43. The third-order valence-corrected chi connectivity index (χ3v) is 5.43. The number of amides is 1. The van der Waals surface area contributed by atoms with Crippen LogP contribution in [-0.4, -0.2) is 51.2 Å². The van der Waals surface area contributed by atoms with E-state index in [-0.39, 0.29) is 11.9 Å². The van der Waals surface area contributed by atoms with Crippen LogP contribution >= 0.6 is 0 Å². The monoisotopic (exact) mass is 377 g/mol. The molecule has 1 aliphatic heterocycles. The number of aromatic nitrogens is 3. The van der Waals surface area contributed by atoms with Crippen LogP contribution in [0, 0.1) is 0 Å². The van der Waals surface area contributed by atoms with Crippen LogP contribution < -0.4 is 5.32 Å². The number of piperidine rings is 1. The van der Waals surface area contributed by atoms with Crippen LogP contribution in [0.4, 0.5) is 0 Å². The first-order valence-electron chi connectivity index (χ1n) is 9.93. The lowest BCUT2D eigenvalue weighted by molar-refractivity contribution is 0.0899. The van der Waals surface area contributed by atoms with E-state index in [9.17, 15) is 4.79 Å². The minimum atomic E-state index is -0.0807. The highest BCUT2D eigenvalue weighted by Gasteiger charge is 2.22. The molecule has 1 atom stereocenters. The van der Waals surface area contributed by atoms with Gasteiger partial charge in [0.05, 0.1) is 5.69 Å². The Morgan fingerprint density at radius 3 is 2.89 bits per heavy atom. The van der Waals surface area contributed by atoms with Gasteiger partial charge in [-0.1, -0.05) is 30.3 Å². The van der Waals surface area contributed by atoms with Crippen molar-refractivity contribution in [2.45, 2.75) is 25.3 Å². The average molecular weight is 377 g/mol. The number of hydrogen-bond donors (Lipinski definition) is 2. The van der Waals surface area contributed by atoms with Gasteiger partial charge < -0.3 is 14.8 Å². The summed E-state index contributed by atoms with van der Waals surface area (Å²) in [6, 6.07) is 16.5. The molecule has 0 aliphatic carbocycles. The molecule has 1 aliphatic rings. The van der Waals surface area contributed by atoms with Gasteiger partial charge in [0.2, 0.25) is 0 Å². The van der Waals surface area contributed by atoms with Gasteiger partial charge in [-0.25, -0.2) is 0 Å². The summed E-state index contributed by atoms with van der Waals surface area (Å²) in [6.07, 6.45) is 5.14. The second-order valence-corrected chi connectivity index (χ2v) is 7.52. The molecule has 28 heavy (non-hydrogen) atoms. The summed E-state index contributed by atoms with van der Waals surface area (Å²) in [5.41, 5.74) is 3.64. The number of carbonyl (C=O) groups is 1. The van der Waals surface area contributed by atoms with Gasteiger partial charge in [-0.3, -0.25) is 9.89 Å². The minimum Gasteiger partial charge on any atom is -0.349 e. The van der Waals surface area contributed by atoms with Crippen LogP contribution in [0.2, 0.25) is 0 Å². The van der Waals surface area contributed by atoms with Gasteiger partial charge in [-0.2, -0.15) is 5.10 Å². The Hall–Kier alpha value is -2.86. The van der Waals surface area contributed by atoms with Gasteiger partial charge in [0.15, 0.2) is 0 Å². The number of H-pyrrole nitrogens is 1. The second kappa shape index (κ2) is 8.44. The molecule has 6 heteroatoms. The molecule has 2 aromatic heterocycles. The van der Waals surface area contributed by atoms with E-state index in [1.54, 1.807) is 0 Å². The van der Waals surface area contributed by atoms with Crippen molar-refractivity contribution in [1.29, 1.82) is 0 Å². The summed E-state index contributed by atoms with van der Waals surface area (Å²) in [5.74, 6) is -0.0807. The second-order valence-electron chi connectivity index (χ2n) is 7.52. The number of likely N-dealkylation sites (tertiary alicyclic amines) is 1. The Balaban J connectivity index is 1.32. The number of hydrogen-bond acceptors (Lipinski definition) is 3. The Kier molecular flexibility index (Phi) is 5.58. The molecule has 1 amide bonds. The molecule has 3 aromatic rings. The molecular formula is C22H27N5O. The molecule has 0 radical (unpaired) electrons. The number of nitrogens with one attached hydrogen (secondary N) is 2. The van der Waals surface area contributed by atoms with Gasteiger partial charge >= 0.3 is 0 Å². The molecule has 0 unspecified atom stereocenters. The third kappa shape index (κ3) is 4.34. The molecule has 1 fully saturated rings. The quantitative estimate of drug-likeness (QED) is 0.694. The molecular weight excluding hydrogens is 350 g/mol. The largest absolute Gasteiger partial charge is 0.349 e. The number of aromatic amines is 1. The molecule has 6 nitrogen and oxygen atoms in total. The SMILES string of the molecule is Cn1cccc1-c1cc(C(=O)N[C@@H]2CCCN(CCc3ccccc3)C2)[nH]n1. The summed E-state index contributed by atoms with van der Waals surface area (Å²) in [5, 5.41) is 10.4. The number of aryl methyl sites for hydroxylation is 1. The van der Waals surface area contributed by atoms with Crippen LogP contribution in [0.5, 0.6) is 0 Å². The van der Waals surface area contributed by atoms with Crippen molar-refractivity contribution in [1.82, 2.24) is 25.0 Å². The van der Waals surface area contributed by atoms with E-state index in [0.29, 0.717) is 5.69 Å². The molecule has 0 bridgehead atoms. The zero-order valence-electron chi connectivity index (χ0n) is 16.3. The van der Waals surface area contributed by atoms with E-state index in [0.717, 1.165) is 50.3 Å². The standard InChI is InChI=1S/C22H27N5O/c1-26-12-6-10-21(26)19-15-20(25-24-19)22(28)23-18-9-5-13-27(16-18)14-11-17-7-3-2-4-8-17/h2-4,6-8,10,12,15,18H,5,9,11,13-14,16H2,1H3,(H,23,28)(H,24,25)/t18-/m1/s1. The number of benzene rings is 1. The van der Waals surface area contributed by atoms with Crippen molar-refractivity contribution in [2.24, 2.45) is 7.05 Å². The van der Waals surface area contributed by atoms with Crippen molar-refractivity contribution in [3.8, 4) is 11.4 Å². The Morgan fingerprint density at radius 2 is 2.11 bits per heavy atom. The first-order valence-corrected chi connectivity index (χ1v) is 9.93. The molecule has 4 rings (SSSR count). The average Bonchev–Trinajstić information content (AvgIpc) is 3.36. The number of rotatable bonds is 6. The van der Waals surface area contributed by atoms with Gasteiger partial charge in [0.25, 0.3) is 5.91 Å². The first-order chi connectivity index (χ1) is 13.7. The Morgan fingerprint density at radius 1 is 1.25 bits per heavy atom. The van der Waals surface area contributed by atoms with Crippen molar-refractivity contribution >= 4 is 5.91 Å². The Labute approximate surface area is 165 Å². The predicted molar refractivity (Wildman–Crippen MR) is 110 cm³/mol. The maximum absolute atomic E-state index is 12.7. The summed E-state index contributed by atoms with van der Waals surface area (Å²) in [7, 11) is 1.97. The van der Waals surface area contributed by atoms with E-state index < -0.39 is 0 Å². The molecule has 1 aromatic carbocycles. The normalized spacial score (nSPS) is 17.5. The van der Waals surface area contributed by atoms with Crippen LogP contribution in [0.15, 0.2) is 54.7 Å². The van der Waals surface area contributed by atoms with Crippen molar-refractivity contribution < 1.29 is 4.79 Å². The minimum absolute atomic E-state index is 0.0807. The van der Waals surface area contributed by atoms with Crippen molar-refractivity contribution in [3.63, 3.8) is 0 Å². The highest BCUT2D eigenvalue weighted by atomic mass is 16.2. The molecule has 0 saturated carbocycles. The van der Waals surface area contributed by atoms with E-state index in [1.165, 1.54) is 5.56 Å². The number of nitrogens with zero attached hydrogens (tertiary/aromatic N) is 3. The van der Waals surface area contributed by atoms with E-state index in [2.05, 4.69) is 50.7 Å². The smallest absolute Gasteiger partial charge is 0.269 e. The fraction of sp³-hybridized carbons (Fsp3) is 0.364. The Bertz CT molecular complexity index is 914. The fourth-order valence-corrected chi connectivity index (χ4v) is 3.87. The summed E-state index contributed by atoms with van der Waals surface area (Å²) >= 11 is 0. The predicted octanol–water partition coefficient (Wildman–Crippen LogP) is 2.85. The lowest BCUT2D eigenvalue weighted by atomic mass is 10.0. The molecule has 3 heterocycles. The van der Waals surface area contributed by atoms with Crippen LogP contribution in [0.1, 0.15) is 28.9 Å².